The van der Waals surface area contributed by atoms with Crippen LogP contribution in [0.1, 0.15) is 12.2 Å². The van der Waals surface area contributed by atoms with Crippen molar-refractivity contribution >= 4 is 34.2 Å². The second-order valence-electron chi connectivity index (χ2n) is 3.73. The number of benzene rings is 1. The number of aryl methyl sites for hydroxylation is 1. The minimum absolute atomic E-state index is 0.157. The van der Waals surface area contributed by atoms with Crippen LogP contribution >= 0.6 is 22.6 Å². The normalized spacial score (nSPS) is 10.3. The largest absolute Gasteiger partial charge is 0.469 e. The molecule has 0 radical (unpaired) electrons. The predicted octanol–water partition coefficient (Wildman–Crippen LogP) is 3.59. The second kappa shape index (κ2) is 5.99. The molecule has 0 spiro atoms. The van der Waals surface area contributed by atoms with Gasteiger partial charge in [0.15, 0.2) is 0 Å². The summed E-state index contributed by atoms with van der Waals surface area (Å²) in [4.78, 5) is 11.7. The number of carbonyl (C=O) groups excluding carboxylic acids is 1. The Balaban J connectivity index is 1.93. The van der Waals surface area contributed by atoms with Crippen molar-refractivity contribution in [1.29, 1.82) is 0 Å². The molecule has 0 aliphatic carbocycles. The number of anilines is 1. The summed E-state index contributed by atoms with van der Waals surface area (Å²) in [7, 11) is 0. The molecule has 1 amide bonds. The lowest BCUT2D eigenvalue weighted by atomic mass is 10.2. The molecule has 0 fully saturated rings. The lowest BCUT2D eigenvalue weighted by Crippen LogP contribution is -2.13. The van der Waals surface area contributed by atoms with Gasteiger partial charge in [0.05, 0.1) is 15.5 Å². The van der Waals surface area contributed by atoms with Crippen molar-refractivity contribution in [3.63, 3.8) is 0 Å². The zero-order valence-electron chi connectivity index (χ0n) is 9.45. The molecule has 3 nitrogen and oxygen atoms in total. The SMILES string of the molecule is O=C(CCc1ccco1)Nc1cccc(F)c1I. The van der Waals surface area contributed by atoms with E-state index in [1.54, 1.807) is 24.5 Å². The van der Waals surface area contributed by atoms with Crippen LogP contribution in [0.15, 0.2) is 41.0 Å². The van der Waals surface area contributed by atoms with Crippen LogP contribution in [0.4, 0.5) is 10.1 Å². The molecule has 0 bridgehead atoms. The number of hydrogen-bond donors (Lipinski definition) is 1. The molecule has 94 valence electrons. The fraction of sp³-hybridized carbons (Fsp3) is 0.154. The van der Waals surface area contributed by atoms with E-state index < -0.39 is 0 Å². The highest BCUT2D eigenvalue weighted by atomic mass is 127. The van der Waals surface area contributed by atoms with E-state index in [0.29, 0.717) is 22.1 Å². The number of nitrogens with one attached hydrogen (secondary N) is 1. The van der Waals surface area contributed by atoms with Gasteiger partial charge in [0.25, 0.3) is 0 Å². The third kappa shape index (κ3) is 3.32. The fourth-order valence-electron chi connectivity index (χ4n) is 1.50. The van der Waals surface area contributed by atoms with E-state index >= 15 is 0 Å². The van der Waals surface area contributed by atoms with E-state index in [0.717, 1.165) is 5.76 Å². The molecule has 0 atom stereocenters. The molecular weight excluding hydrogens is 348 g/mol. The fourth-order valence-corrected chi connectivity index (χ4v) is 2.00. The molecule has 1 aromatic carbocycles. The van der Waals surface area contributed by atoms with E-state index in [1.807, 2.05) is 28.7 Å². The highest BCUT2D eigenvalue weighted by Gasteiger charge is 2.09. The molecule has 1 N–H and O–H groups in total. The maximum Gasteiger partial charge on any atom is 0.224 e. The van der Waals surface area contributed by atoms with Crippen molar-refractivity contribution in [3.8, 4) is 0 Å². The maximum atomic E-state index is 13.3. The molecule has 0 saturated carbocycles. The Morgan fingerprint density at radius 2 is 2.17 bits per heavy atom. The molecule has 0 saturated heterocycles. The number of amides is 1. The molecule has 1 heterocycles. The van der Waals surface area contributed by atoms with Gasteiger partial charge in [-0.1, -0.05) is 6.07 Å². The van der Waals surface area contributed by atoms with E-state index in [2.05, 4.69) is 5.32 Å². The van der Waals surface area contributed by atoms with Gasteiger partial charge in [-0.3, -0.25) is 4.79 Å². The van der Waals surface area contributed by atoms with E-state index in [-0.39, 0.29) is 11.7 Å². The number of carbonyl (C=O) groups is 1. The van der Waals surface area contributed by atoms with Crippen molar-refractivity contribution < 1.29 is 13.6 Å². The van der Waals surface area contributed by atoms with Crippen LogP contribution in [0.25, 0.3) is 0 Å². The Kier molecular flexibility index (Phi) is 4.35. The Bertz CT molecular complexity index is 540. The van der Waals surface area contributed by atoms with Crippen molar-refractivity contribution in [1.82, 2.24) is 0 Å². The second-order valence-corrected chi connectivity index (χ2v) is 4.81. The minimum atomic E-state index is -0.334. The lowest BCUT2D eigenvalue weighted by Gasteiger charge is -2.07. The molecule has 2 aromatic rings. The van der Waals surface area contributed by atoms with E-state index in [9.17, 15) is 9.18 Å². The number of rotatable bonds is 4. The van der Waals surface area contributed by atoms with Crippen molar-refractivity contribution in [2.24, 2.45) is 0 Å². The topological polar surface area (TPSA) is 42.2 Å². The Morgan fingerprint density at radius 1 is 1.33 bits per heavy atom. The summed E-state index contributed by atoms with van der Waals surface area (Å²) in [6.45, 7) is 0. The summed E-state index contributed by atoms with van der Waals surface area (Å²) in [6.07, 6.45) is 2.41. The van der Waals surface area contributed by atoms with Gasteiger partial charge >= 0.3 is 0 Å². The summed E-state index contributed by atoms with van der Waals surface area (Å²) in [6, 6.07) is 8.21. The number of hydrogen-bond acceptors (Lipinski definition) is 2. The van der Waals surface area contributed by atoms with Gasteiger partial charge in [-0.05, 0) is 46.9 Å². The third-order valence-electron chi connectivity index (χ3n) is 2.40. The quantitative estimate of drug-likeness (QED) is 0.848. The van der Waals surface area contributed by atoms with Crippen LogP contribution in [0.5, 0.6) is 0 Å². The average molecular weight is 359 g/mol. The molecule has 2 rings (SSSR count). The Labute approximate surface area is 118 Å². The van der Waals surface area contributed by atoms with Crippen LogP contribution in [0.2, 0.25) is 0 Å². The molecule has 1 aromatic heterocycles. The monoisotopic (exact) mass is 359 g/mol. The zero-order chi connectivity index (χ0) is 13.0. The zero-order valence-corrected chi connectivity index (χ0v) is 11.6. The first-order chi connectivity index (χ1) is 8.66. The summed E-state index contributed by atoms with van der Waals surface area (Å²) < 4.78 is 18.8. The first-order valence-corrected chi connectivity index (χ1v) is 6.51. The molecule has 0 aliphatic rings. The first-order valence-electron chi connectivity index (χ1n) is 5.43. The summed E-state index contributed by atoms with van der Waals surface area (Å²) in [5.74, 6) is 0.272. The first kappa shape index (κ1) is 13.1. The standard InChI is InChI=1S/C13H11FINO2/c14-10-4-1-5-11(13(10)15)16-12(17)7-6-9-3-2-8-18-9/h1-5,8H,6-7H2,(H,16,17). The highest BCUT2D eigenvalue weighted by molar-refractivity contribution is 14.1. The molecule has 0 unspecified atom stereocenters. The van der Waals surface area contributed by atoms with Gasteiger partial charge in [-0.2, -0.15) is 0 Å². The van der Waals surface area contributed by atoms with Crippen molar-refractivity contribution in [3.05, 3.63) is 51.7 Å². The summed E-state index contributed by atoms with van der Waals surface area (Å²) >= 11 is 1.87. The predicted molar refractivity (Wildman–Crippen MR) is 74.8 cm³/mol. The Hall–Kier alpha value is -1.37. The third-order valence-corrected chi connectivity index (χ3v) is 3.50. The van der Waals surface area contributed by atoms with Crippen LogP contribution in [0.3, 0.4) is 0 Å². The van der Waals surface area contributed by atoms with Gasteiger partial charge in [0.1, 0.15) is 11.6 Å². The lowest BCUT2D eigenvalue weighted by molar-refractivity contribution is -0.116. The molecule has 18 heavy (non-hydrogen) atoms. The molecule has 5 heteroatoms. The van der Waals surface area contributed by atoms with E-state index in [4.69, 9.17) is 4.42 Å². The summed E-state index contributed by atoms with van der Waals surface area (Å²) in [5.41, 5.74) is 0.500. The van der Waals surface area contributed by atoms with Crippen molar-refractivity contribution in [2.45, 2.75) is 12.8 Å². The maximum absolute atomic E-state index is 13.3. The highest BCUT2D eigenvalue weighted by Crippen LogP contribution is 2.21. The van der Waals surface area contributed by atoms with Gasteiger partial charge in [0, 0.05) is 12.8 Å². The average Bonchev–Trinajstić information content (AvgIpc) is 2.86. The summed E-state index contributed by atoms with van der Waals surface area (Å²) in [5, 5.41) is 2.69. The van der Waals surface area contributed by atoms with E-state index in [1.165, 1.54) is 6.07 Å². The van der Waals surface area contributed by atoms with Crippen LogP contribution in [0, 0.1) is 9.39 Å². The molecule has 0 aliphatic heterocycles. The van der Waals surface area contributed by atoms with Gasteiger partial charge < -0.3 is 9.73 Å². The van der Waals surface area contributed by atoms with Crippen LogP contribution in [-0.4, -0.2) is 5.91 Å². The number of furan rings is 1. The van der Waals surface area contributed by atoms with Crippen LogP contribution in [-0.2, 0) is 11.2 Å². The minimum Gasteiger partial charge on any atom is -0.469 e. The van der Waals surface area contributed by atoms with Crippen molar-refractivity contribution in [2.75, 3.05) is 5.32 Å². The van der Waals surface area contributed by atoms with Gasteiger partial charge in [-0.15, -0.1) is 0 Å². The smallest absolute Gasteiger partial charge is 0.224 e. The van der Waals surface area contributed by atoms with Crippen LogP contribution < -0.4 is 5.32 Å². The molecular formula is C13H11FINO2. The number of halogens is 2. The van der Waals surface area contributed by atoms with Gasteiger partial charge in [-0.25, -0.2) is 4.39 Å². The van der Waals surface area contributed by atoms with Gasteiger partial charge in [0.2, 0.25) is 5.91 Å². The Morgan fingerprint density at radius 3 is 2.89 bits per heavy atom.